The van der Waals surface area contributed by atoms with Gasteiger partial charge in [0.2, 0.25) is 0 Å². The zero-order chi connectivity index (χ0) is 20.1. The van der Waals surface area contributed by atoms with Crippen LogP contribution in [-0.2, 0) is 9.59 Å². The van der Waals surface area contributed by atoms with Gasteiger partial charge in [0.05, 0.1) is 19.4 Å². The Morgan fingerprint density at radius 2 is 1.79 bits per heavy atom. The first-order valence-corrected chi connectivity index (χ1v) is 9.21. The van der Waals surface area contributed by atoms with E-state index in [1.165, 1.54) is 11.0 Å². The molecule has 0 unspecified atom stereocenters. The van der Waals surface area contributed by atoms with E-state index in [1.807, 2.05) is 12.1 Å². The van der Waals surface area contributed by atoms with Crippen LogP contribution in [0.3, 0.4) is 0 Å². The summed E-state index contributed by atoms with van der Waals surface area (Å²) in [7, 11) is 1.56. The molecule has 0 saturated carbocycles. The van der Waals surface area contributed by atoms with Crippen LogP contribution in [0, 0.1) is 0 Å². The molecule has 1 N–H and O–H groups in total. The monoisotopic (exact) mass is 416 g/mol. The quantitative estimate of drug-likeness (QED) is 0.338. The van der Waals surface area contributed by atoms with Gasteiger partial charge in [-0.1, -0.05) is 29.8 Å². The maximum absolute atomic E-state index is 12.8. The number of anilines is 1. The van der Waals surface area contributed by atoms with Crippen LogP contribution in [0.5, 0.6) is 11.5 Å². The number of nitrogens with zero attached hydrogens (tertiary/aromatic N) is 1. The van der Waals surface area contributed by atoms with Crippen LogP contribution in [-0.4, -0.2) is 30.6 Å². The second-order valence-electron chi connectivity index (χ2n) is 5.78. The maximum Gasteiger partial charge on any atom is 0.269 e. The molecule has 0 atom stereocenters. The number of hydrogen-bond acceptors (Lipinski definition) is 5. The summed E-state index contributed by atoms with van der Waals surface area (Å²) in [5, 5.41) is 3.10. The van der Waals surface area contributed by atoms with Crippen LogP contribution in [0.4, 0.5) is 5.69 Å². The second kappa shape index (κ2) is 8.86. The van der Waals surface area contributed by atoms with Crippen molar-refractivity contribution in [2.45, 2.75) is 6.42 Å². The minimum atomic E-state index is -0.530. The molecule has 0 bridgehead atoms. The predicted octanol–water partition coefficient (Wildman–Crippen LogP) is 3.49. The Bertz CT molecular complexity index is 943. The minimum Gasteiger partial charge on any atom is -0.493 e. The highest BCUT2D eigenvalue weighted by atomic mass is 35.5. The molecule has 0 aromatic heterocycles. The number of carbonyl (C=O) groups is 2. The molecule has 1 aliphatic rings. The SMILES string of the molecule is COc1ccccc1OCC/C=C1/C(=O)NC(=S)N(c2ccc(Cl)cc2)C1=O. The number of hydrogen-bond donors (Lipinski definition) is 1. The Morgan fingerprint density at radius 1 is 1.11 bits per heavy atom. The summed E-state index contributed by atoms with van der Waals surface area (Å²) in [4.78, 5) is 26.3. The normalized spacial score (nSPS) is 15.6. The van der Waals surface area contributed by atoms with Crippen LogP contribution in [0.25, 0.3) is 0 Å². The number of para-hydroxylation sites is 2. The molecular weight excluding hydrogens is 400 g/mol. The van der Waals surface area contributed by atoms with Gasteiger partial charge in [0, 0.05) is 11.4 Å². The molecule has 2 amide bonds. The first kappa shape index (κ1) is 19.9. The molecule has 2 aromatic rings. The maximum atomic E-state index is 12.8. The first-order chi connectivity index (χ1) is 13.5. The Kier molecular flexibility index (Phi) is 6.28. The molecular formula is C20H17ClN2O4S. The molecule has 1 fully saturated rings. The summed E-state index contributed by atoms with van der Waals surface area (Å²) < 4.78 is 10.9. The smallest absolute Gasteiger partial charge is 0.269 e. The Hall–Kier alpha value is -2.90. The molecule has 144 valence electrons. The van der Waals surface area contributed by atoms with Gasteiger partial charge < -0.3 is 9.47 Å². The summed E-state index contributed by atoms with van der Waals surface area (Å²) in [5.74, 6) is 0.179. The lowest BCUT2D eigenvalue weighted by Gasteiger charge is -2.28. The number of carbonyl (C=O) groups excluding carboxylic acids is 2. The summed E-state index contributed by atoms with van der Waals surface area (Å²) in [5.41, 5.74) is 0.530. The predicted molar refractivity (Wildman–Crippen MR) is 111 cm³/mol. The summed E-state index contributed by atoms with van der Waals surface area (Å²) >= 11 is 11.0. The molecule has 0 radical (unpaired) electrons. The van der Waals surface area contributed by atoms with Gasteiger partial charge in [-0.25, -0.2) is 0 Å². The van der Waals surface area contributed by atoms with E-state index < -0.39 is 11.8 Å². The van der Waals surface area contributed by atoms with Gasteiger partial charge in [-0.3, -0.25) is 19.8 Å². The third kappa shape index (κ3) is 4.32. The number of methoxy groups -OCH3 is 1. The molecule has 1 aliphatic heterocycles. The lowest BCUT2D eigenvalue weighted by molar-refractivity contribution is -0.122. The fourth-order valence-electron chi connectivity index (χ4n) is 2.65. The van der Waals surface area contributed by atoms with Crippen molar-refractivity contribution in [2.75, 3.05) is 18.6 Å². The van der Waals surface area contributed by atoms with E-state index in [9.17, 15) is 9.59 Å². The Balaban J connectivity index is 1.71. The zero-order valence-corrected chi connectivity index (χ0v) is 16.5. The van der Waals surface area contributed by atoms with E-state index in [-0.39, 0.29) is 17.3 Å². The third-order valence-corrected chi connectivity index (χ3v) is 4.52. The number of thiocarbonyl (C=S) groups is 1. The van der Waals surface area contributed by atoms with Gasteiger partial charge >= 0.3 is 0 Å². The van der Waals surface area contributed by atoms with Crippen molar-refractivity contribution in [3.63, 3.8) is 0 Å². The van der Waals surface area contributed by atoms with Crippen molar-refractivity contribution < 1.29 is 19.1 Å². The van der Waals surface area contributed by atoms with Crippen molar-refractivity contribution in [3.8, 4) is 11.5 Å². The number of benzene rings is 2. The highest BCUT2D eigenvalue weighted by Gasteiger charge is 2.34. The van der Waals surface area contributed by atoms with E-state index >= 15 is 0 Å². The van der Waals surface area contributed by atoms with E-state index in [2.05, 4.69) is 5.32 Å². The summed E-state index contributed by atoms with van der Waals surface area (Å²) in [6.07, 6.45) is 1.89. The topological polar surface area (TPSA) is 67.9 Å². The molecule has 0 aliphatic carbocycles. The summed E-state index contributed by atoms with van der Waals surface area (Å²) in [6.45, 7) is 0.274. The number of amides is 2. The van der Waals surface area contributed by atoms with Crippen LogP contribution >= 0.6 is 23.8 Å². The second-order valence-corrected chi connectivity index (χ2v) is 6.61. The lowest BCUT2D eigenvalue weighted by Crippen LogP contribution is -2.54. The van der Waals surface area contributed by atoms with E-state index in [0.717, 1.165) is 0 Å². The Morgan fingerprint density at radius 3 is 2.46 bits per heavy atom. The number of ether oxygens (including phenoxy) is 2. The third-order valence-electron chi connectivity index (χ3n) is 3.98. The fraction of sp³-hybridized carbons (Fsp3) is 0.150. The van der Waals surface area contributed by atoms with Gasteiger partial charge in [0.25, 0.3) is 11.8 Å². The molecule has 2 aromatic carbocycles. The van der Waals surface area contributed by atoms with Gasteiger partial charge in [0.1, 0.15) is 5.57 Å². The van der Waals surface area contributed by atoms with Crippen molar-refractivity contribution in [1.29, 1.82) is 0 Å². The van der Waals surface area contributed by atoms with Crippen LogP contribution in [0.2, 0.25) is 5.02 Å². The highest BCUT2D eigenvalue weighted by molar-refractivity contribution is 7.80. The minimum absolute atomic E-state index is 0.00665. The molecule has 1 saturated heterocycles. The van der Waals surface area contributed by atoms with Crippen molar-refractivity contribution in [1.82, 2.24) is 5.32 Å². The van der Waals surface area contributed by atoms with Crippen molar-refractivity contribution in [3.05, 3.63) is 65.2 Å². The Labute approximate surface area is 172 Å². The summed E-state index contributed by atoms with van der Waals surface area (Å²) in [6, 6.07) is 13.9. The number of nitrogens with one attached hydrogen (secondary N) is 1. The zero-order valence-electron chi connectivity index (χ0n) is 15.0. The van der Waals surface area contributed by atoms with E-state index in [0.29, 0.717) is 28.6 Å². The van der Waals surface area contributed by atoms with Gasteiger partial charge in [0.15, 0.2) is 16.6 Å². The average Bonchev–Trinajstić information content (AvgIpc) is 2.68. The van der Waals surface area contributed by atoms with Gasteiger partial charge in [-0.2, -0.15) is 0 Å². The highest BCUT2D eigenvalue weighted by Crippen LogP contribution is 2.26. The standard InChI is InChI=1S/C20H17ClN2O4S/c1-26-16-6-2-3-7-17(16)27-12-4-5-15-18(24)22-20(28)23(19(15)25)14-10-8-13(21)9-11-14/h2-3,5-11H,4,12H2,1H3,(H,22,24,28)/b15-5-. The largest absolute Gasteiger partial charge is 0.493 e. The number of halogens is 1. The van der Waals surface area contributed by atoms with Crippen LogP contribution in [0.15, 0.2) is 60.2 Å². The van der Waals surface area contributed by atoms with Gasteiger partial charge in [-0.15, -0.1) is 0 Å². The van der Waals surface area contributed by atoms with Crippen LogP contribution in [0.1, 0.15) is 6.42 Å². The van der Waals surface area contributed by atoms with Crippen molar-refractivity contribution in [2.24, 2.45) is 0 Å². The molecule has 8 heteroatoms. The van der Waals surface area contributed by atoms with Crippen LogP contribution < -0.4 is 19.7 Å². The van der Waals surface area contributed by atoms with E-state index in [1.54, 1.807) is 43.5 Å². The van der Waals surface area contributed by atoms with E-state index in [4.69, 9.17) is 33.3 Å². The fourth-order valence-corrected chi connectivity index (χ4v) is 3.05. The average molecular weight is 417 g/mol. The molecule has 6 nitrogen and oxygen atoms in total. The van der Waals surface area contributed by atoms with Gasteiger partial charge in [-0.05, 0) is 48.6 Å². The van der Waals surface area contributed by atoms with Crippen molar-refractivity contribution >= 4 is 46.4 Å². The molecule has 3 rings (SSSR count). The number of rotatable bonds is 6. The molecule has 28 heavy (non-hydrogen) atoms. The lowest BCUT2D eigenvalue weighted by atomic mass is 10.1. The molecule has 0 spiro atoms. The molecule has 1 heterocycles. The first-order valence-electron chi connectivity index (χ1n) is 8.42.